The zero-order valence-electron chi connectivity index (χ0n) is 12.2. The van der Waals surface area contributed by atoms with Gasteiger partial charge in [-0.1, -0.05) is 31.0 Å². The molecule has 2 aliphatic carbocycles. The Morgan fingerprint density at radius 2 is 2.11 bits per heavy atom. The number of rotatable bonds is 4. The first-order valence-corrected chi connectivity index (χ1v) is 8.87. The van der Waals surface area contributed by atoms with E-state index in [4.69, 9.17) is 4.99 Å². The van der Waals surface area contributed by atoms with Crippen LogP contribution in [-0.2, 0) is 0 Å². The summed E-state index contributed by atoms with van der Waals surface area (Å²) >= 11 is 1.96. The molecular weight excluding hydrogens is 254 g/mol. The molecule has 3 aliphatic rings. The van der Waals surface area contributed by atoms with Crippen molar-refractivity contribution in [1.82, 2.24) is 10.2 Å². The minimum atomic E-state index is 0.554. The Hall–Kier alpha value is -0.220. The molecule has 0 aromatic rings. The maximum atomic E-state index is 4.81. The topological polar surface area (TPSA) is 27.6 Å². The van der Waals surface area contributed by atoms with Gasteiger partial charge in [-0.25, -0.2) is 0 Å². The third-order valence-corrected chi connectivity index (χ3v) is 6.20. The zero-order valence-corrected chi connectivity index (χ0v) is 13.0. The lowest BCUT2D eigenvalue weighted by Crippen LogP contribution is -2.39. The maximum absolute atomic E-state index is 4.81. The van der Waals surface area contributed by atoms with Crippen molar-refractivity contribution in [1.29, 1.82) is 0 Å². The highest BCUT2D eigenvalue weighted by Crippen LogP contribution is 2.41. The zero-order chi connectivity index (χ0) is 13.1. The van der Waals surface area contributed by atoms with Crippen molar-refractivity contribution >= 4 is 16.9 Å². The molecule has 0 amide bonds. The molecule has 4 heteroatoms. The Bertz CT molecular complexity index is 332. The van der Waals surface area contributed by atoms with Crippen LogP contribution in [-0.4, -0.2) is 48.5 Å². The molecule has 0 saturated heterocycles. The van der Waals surface area contributed by atoms with E-state index in [-0.39, 0.29) is 0 Å². The molecule has 1 aliphatic heterocycles. The number of thioether (sulfide) groups is 1. The Kier molecular flexibility index (Phi) is 4.37. The van der Waals surface area contributed by atoms with E-state index in [0.29, 0.717) is 5.41 Å². The van der Waals surface area contributed by atoms with E-state index in [9.17, 15) is 0 Å². The Labute approximate surface area is 121 Å². The van der Waals surface area contributed by atoms with Gasteiger partial charge in [0, 0.05) is 31.4 Å². The molecule has 0 aromatic heterocycles. The standard InChI is InChI=1S/C15H27N3S/c1-18(13-5-6-13)10-9-16-14-17-11-15(12-19-14)7-3-2-4-8-15/h13H,2-12H2,1H3,(H,16,17). The van der Waals surface area contributed by atoms with E-state index in [1.165, 1.54) is 55.9 Å². The first-order chi connectivity index (χ1) is 9.27. The van der Waals surface area contributed by atoms with Crippen molar-refractivity contribution < 1.29 is 0 Å². The second-order valence-electron chi connectivity index (χ2n) is 6.61. The molecule has 2 saturated carbocycles. The average Bonchev–Trinajstić information content (AvgIpc) is 3.27. The monoisotopic (exact) mass is 281 g/mol. The summed E-state index contributed by atoms with van der Waals surface area (Å²) in [5.41, 5.74) is 0.554. The van der Waals surface area contributed by atoms with Gasteiger partial charge in [-0.15, -0.1) is 0 Å². The fourth-order valence-corrected chi connectivity index (χ4v) is 4.48. The molecule has 0 bridgehead atoms. The van der Waals surface area contributed by atoms with Crippen LogP contribution in [0, 0.1) is 5.41 Å². The highest BCUT2D eigenvalue weighted by Gasteiger charge is 2.34. The smallest absolute Gasteiger partial charge is 0.156 e. The van der Waals surface area contributed by atoms with Crippen LogP contribution in [0.2, 0.25) is 0 Å². The van der Waals surface area contributed by atoms with Crippen LogP contribution in [0.3, 0.4) is 0 Å². The van der Waals surface area contributed by atoms with E-state index in [1.807, 2.05) is 11.8 Å². The summed E-state index contributed by atoms with van der Waals surface area (Å²) in [5, 5.41) is 4.72. The van der Waals surface area contributed by atoms with E-state index < -0.39 is 0 Å². The third-order valence-electron chi connectivity index (χ3n) is 4.90. The van der Waals surface area contributed by atoms with Gasteiger partial charge in [0.15, 0.2) is 5.17 Å². The van der Waals surface area contributed by atoms with Crippen LogP contribution in [0.15, 0.2) is 4.99 Å². The summed E-state index contributed by atoms with van der Waals surface area (Å²) in [6.45, 7) is 3.27. The molecule has 2 fully saturated rings. The van der Waals surface area contributed by atoms with Gasteiger partial charge in [-0.05, 0) is 38.1 Å². The van der Waals surface area contributed by atoms with Crippen LogP contribution in [0.1, 0.15) is 44.9 Å². The Morgan fingerprint density at radius 3 is 2.74 bits per heavy atom. The number of likely N-dealkylation sites (N-methyl/N-ethyl adjacent to an activating group) is 1. The van der Waals surface area contributed by atoms with Crippen molar-refractivity contribution in [2.45, 2.75) is 51.0 Å². The minimum absolute atomic E-state index is 0.554. The molecular formula is C15H27N3S. The number of nitrogens with zero attached hydrogens (tertiary/aromatic N) is 2. The second kappa shape index (κ2) is 6.04. The Balaban J connectivity index is 1.40. The summed E-state index contributed by atoms with van der Waals surface area (Å²) in [5.74, 6) is 1.29. The predicted octanol–water partition coefficient (Wildman–Crippen LogP) is 2.72. The highest BCUT2D eigenvalue weighted by atomic mass is 32.2. The van der Waals surface area contributed by atoms with Gasteiger partial charge < -0.3 is 10.2 Å². The summed E-state index contributed by atoms with van der Waals surface area (Å²) < 4.78 is 0. The molecule has 108 valence electrons. The van der Waals surface area contributed by atoms with Gasteiger partial charge in [0.25, 0.3) is 0 Å². The summed E-state index contributed by atoms with van der Waals surface area (Å²) in [4.78, 5) is 7.29. The van der Waals surface area contributed by atoms with E-state index in [2.05, 4.69) is 17.3 Å². The molecule has 1 spiro atoms. The van der Waals surface area contributed by atoms with Gasteiger partial charge >= 0.3 is 0 Å². The van der Waals surface area contributed by atoms with Crippen LogP contribution in [0.4, 0.5) is 0 Å². The molecule has 0 aromatic carbocycles. The lowest BCUT2D eigenvalue weighted by atomic mass is 9.75. The summed E-state index contributed by atoms with van der Waals surface area (Å²) in [6.07, 6.45) is 9.89. The average molecular weight is 281 g/mol. The van der Waals surface area contributed by atoms with Crippen molar-refractivity contribution in [2.24, 2.45) is 10.4 Å². The molecule has 3 nitrogen and oxygen atoms in total. The van der Waals surface area contributed by atoms with Gasteiger partial charge in [0.2, 0.25) is 0 Å². The normalized spacial score (nSPS) is 26.5. The highest BCUT2D eigenvalue weighted by molar-refractivity contribution is 8.13. The largest absolute Gasteiger partial charge is 0.364 e. The fourth-order valence-electron chi connectivity index (χ4n) is 3.30. The quantitative estimate of drug-likeness (QED) is 0.858. The number of hydrogen-bond donors (Lipinski definition) is 1. The molecule has 1 N–H and O–H groups in total. The number of amidine groups is 1. The molecule has 1 heterocycles. The molecule has 19 heavy (non-hydrogen) atoms. The van der Waals surface area contributed by atoms with Crippen LogP contribution >= 0.6 is 11.8 Å². The predicted molar refractivity (Wildman–Crippen MR) is 83.9 cm³/mol. The number of hydrogen-bond acceptors (Lipinski definition) is 4. The van der Waals surface area contributed by atoms with Crippen molar-refractivity contribution in [3.05, 3.63) is 0 Å². The number of aliphatic imine (C=N–C) groups is 1. The fraction of sp³-hybridized carbons (Fsp3) is 0.933. The van der Waals surface area contributed by atoms with Crippen LogP contribution in [0.25, 0.3) is 0 Å². The lowest BCUT2D eigenvalue weighted by Gasteiger charge is -2.38. The molecule has 0 radical (unpaired) electrons. The second-order valence-corrected chi connectivity index (χ2v) is 7.57. The maximum Gasteiger partial charge on any atom is 0.156 e. The summed E-state index contributed by atoms with van der Waals surface area (Å²) in [7, 11) is 2.24. The van der Waals surface area contributed by atoms with Crippen molar-refractivity contribution in [3.63, 3.8) is 0 Å². The van der Waals surface area contributed by atoms with E-state index >= 15 is 0 Å². The van der Waals surface area contributed by atoms with E-state index in [0.717, 1.165) is 25.7 Å². The van der Waals surface area contributed by atoms with Gasteiger partial charge in [0.05, 0.1) is 0 Å². The lowest BCUT2D eigenvalue weighted by molar-refractivity contribution is 0.232. The number of nitrogens with one attached hydrogen (secondary N) is 1. The first-order valence-electron chi connectivity index (χ1n) is 7.89. The SMILES string of the molecule is CN(CCNC1=NCC2(CCCCC2)CS1)C1CC1. The van der Waals surface area contributed by atoms with Crippen molar-refractivity contribution in [3.8, 4) is 0 Å². The van der Waals surface area contributed by atoms with Gasteiger partial charge in [0.1, 0.15) is 0 Å². The van der Waals surface area contributed by atoms with Gasteiger partial charge in [-0.2, -0.15) is 0 Å². The first kappa shape index (κ1) is 13.7. The Morgan fingerprint density at radius 1 is 1.32 bits per heavy atom. The van der Waals surface area contributed by atoms with Crippen molar-refractivity contribution in [2.75, 3.05) is 32.4 Å². The van der Waals surface area contributed by atoms with Crippen LogP contribution in [0.5, 0.6) is 0 Å². The van der Waals surface area contributed by atoms with Gasteiger partial charge in [-0.3, -0.25) is 4.99 Å². The molecule has 3 rings (SSSR count). The minimum Gasteiger partial charge on any atom is -0.364 e. The molecule has 0 atom stereocenters. The molecule has 0 unspecified atom stereocenters. The summed E-state index contributed by atoms with van der Waals surface area (Å²) in [6, 6.07) is 0.869. The third kappa shape index (κ3) is 3.66. The van der Waals surface area contributed by atoms with E-state index in [1.54, 1.807) is 0 Å². The van der Waals surface area contributed by atoms with Crippen LogP contribution < -0.4 is 5.32 Å².